The van der Waals surface area contributed by atoms with E-state index in [9.17, 15) is 0 Å². The Hall–Kier alpha value is -6.56. The summed E-state index contributed by atoms with van der Waals surface area (Å²) in [6, 6.07) is 66.0. The Kier molecular flexibility index (Phi) is 8.65. The monoisotopic (exact) mass is 722 g/mol. The fraction of sp³-hybridized carbons (Fsp3) is 0.0769. The van der Waals surface area contributed by atoms with Gasteiger partial charge in [0.2, 0.25) is 0 Å². The summed E-state index contributed by atoms with van der Waals surface area (Å²) in [7, 11) is 0. The molecule has 56 heavy (non-hydrogen) atoms. The number of hydrazine groups is 1. The third-order valence-electron chi connectivity index (χ3n) is 11.6. The summed E-state index contributed by atoms with van der Waals surface area (Å²) >= 11 is 0. The van der Waals surface area contributed by atoms with Gasteiger partial charge in [-0.05, 0) is 86.0 Å². The summed E-state index contributed by atoms with van der Waals surface area (Å²) in [4.78, 5) is 2.33. The zero-order chi connectivity index (χ0) is 37.5. The van der Waals surface area contributed by atoms with E-state index in [1.807, 2.05) is 0 Å². The van der Waals surface area contributed by atoms with Crippen molar-refractivity contribution >= 4 is 16.9 Å². The molecule has 2 N–H and O–H groups in total. The van der Waals surface area contributed by atoms with Crippen LogP contribution in [0.5, 0.6) is 0 Å². The molecule has 1 saturated heterocycles. The second-order valence-electron chi connectivity index (χ2n) is 14.8. The average Bonchev–Trinajstić information content (AvgIpc) is 3.81. The first-order valence-corrected chi connectivity index (χ1v) is 19.4. The molecule has 0 saturated carbocycles. The number of nitrogens with one attached hydrogen (secondary N) is 2. The molecule has 2 atom stereocenters. The molecule has 3 aliphatic rings. The molecule has 4 heteroatoms. The predicted molar refractivity (Wildman–Crippen MR) is 230 cm³/mol. The Labute approximate surface area is 329 Å². The van der Waals surface area contributed by atoms with Gasteiger partial charge in [-0.25, -0.2) is 10.4 Å². The van der Waals surface area contributed by atoms with Gasteiger partial charge in [-0.1, -0.05) is 176 Å². The van der Waals surface area contributed by atoms with Crippen LogP contribution in [0, 0.1) is 0 Å². The summed E-state index contributed by atoms with van der Waals surface area (Å²) in [6.07, 6.45) is 8.53. The fourth-order valence-corrected chi connectivity index (χ4v) is 8.98. The molecule has 0 amide bonds. The Morgan fingerprint density at radius 3 is 1.84 bits per heavy atom. The molecule has 0 spiro atoms. The normalized spacial score (nSPS) is 19.4. The van der Waals surface area contributed by atoms with Gasteiger partial charge in [0.05, 0.1) is 17.3 Å². The van der Waals surface area contributed by atoms with Crippen molar-refractivity contribution in [3.63, 3.8) is 0 Å². The molecule has 2 heterocycles. The highest BCUT2D eigenvalue weighted by atomic mass is 15.6. The molecule has 0 radical (unpaired) electrons. The molecule has 7 aromatic rings. The zero-order valence-electron chi connectivity index (χ0n) is 31.1. The summed E-state index contributed by atoms with van der Waals surface area (Å²) in [5, 5.41) is 6.14. The van der Waals surface area contributed by atoms with Crippen molar-refractivity contribution in [1.82, 2.24) is 15.8 Å². The first kappa shape index (κ1) is 34.0. The summed E-state index contributed by atoms with van der Waals surface area (Å²) < 4.78 is 0. The van der Waals surface area contributed by atoms with Crippen molar-refractivity contribution in [3.8, 4) is 11.1 Å². The lowest BCUT2D eigenvalue weighted by Gasteiger charge is -2.35. The number of hydrogen-bond donors (Lipinski definition) is 2. The number of hydrogen-bond acceptors (Lipinski definition) is 4. The van der Waals surface area contributed by atoms with Gasteiger partial charge in [0.1, 0.15) is 6.17 Å². The molecule has 270 valence electrons. The largest absolute Gasteiger partial charge is 0.317 e. The van der Waals surface area contributed by atoms with E-state index in [-0.39, 0.29) is 12.3 Å². The number of rotatable bonds is 7. The summed E-state index contributed by atoms with van der Waals surface area (Å²) in [5.74, 6) is 0. The van der Waals surface area contributed by atoms with E-state index in [2.05, 4.69) is 234 Å². The van der Waals surface area contributed by atoms with Crippen molar-refractivity contribution in [2.45, 2.75) is 24.3 Å². The van der Waals surface area contributed by atoms with Crippen LogP contribution in [0.15, 0.2) is 213 Å². The maximum absolute atomic E-state index is 4.59. The molecule has 0 aromatic heterocycles. The Morgan fingerprint density at radius 2 is 1.16 bits per heavy atom. The summed E-state index contributed by atoms with van der Waals surface area (Å²) in [6.45, 7) is 5.31. The van der Waals surface area contributed by atoms with Gasteiger partial charge in [-0.15, -0.1) is 0 Å². The van der Waals surface area contributed by atoms with E-state index in [1.165, 1.54) is 50.1 Å². The van der Waals surface area contributed by atoms with Crippen LogP contribution in [-0.2, 0) is 12.0 Å². The number of nitrogens with zero attached hydrogens (tertiary/aromatic N) is 2. The van der Waals surface area contributed by atoms with Crippen LogP contribution in [-0.4, -0.2) is 5.01 Å². The third kappa shape index (κ3) is 5.75. The number of fused-ring (bicyclic) bond motifs is 4. The van der Waals surface area contributed by atoms with Gasteiger partial charge in [0, 0.05) is 24.0 Å². The van der Waals surface area contributed by atoms with Crippen molar-refractivity contribution in [2.75, 3.05) is 4.90 Å². The van der Waals surface area contributed by atoms with Crippen LogP contribution in [0.25, 0.3) is 16.7 Å². The minimum Gasteiger partial charge on any atom is -0.317 e. The Balaban J connectivity index is 1.06. The number of anilines is 2. The first-order chi connectivity index (χ1) is 27.7. The maximum atomic E-state index is 4.59. The highest BCUT2D eigenvalue weighted by Gasteiger charge is 2.46. The molecule has 4 nitrogen and oxygen atoms in total. The molecule has 1 fully saturated rings. The van der Waals surface area contributed by atoms with Crippen LogP contribution >= 0.6 is 0 Å². The van der Waals surface area contributed by atoms with Crippen LogP contribution in [0.1, 0.15) is 56.8 Å². The molecule has 2 unspecified atom stereocenters. The van der Waals surface area contributed by atoms with E-state index in [0.717, 1.165) is 29.1 Å². The van der Waals surface area contributed by atoms with E-state index in [1.54, 1.807) is 0 Å². The first-order valence-electron chi connectivity index (χ1n) is 19.4. The molecule has 10 rings (SSSR count). The standard InChI is InChI=1S/C52H42N4/c1-37-18-16-17-33-55(43-31-29-38(30-32-43)36-56-51(40-21-8-3-9-22-40)53-50(54-56)39-19-6-2-7-20-39)49-35-48-46(34-45(37)49)44-27-14-15-28-47(44)52(48,41-23-10-4-11-24-41)42-25-12-5-13-26-42/h2-35,50-51,53-54H,1,36H2/b18-16-,33-17-. The average molecular weight is 723 g/mol. The maximum Gasteiger partial charge on any atom is 0.101 e. The number of allylic oxidation sites excluding steroid dienone is 4. The van der Waals surface area contributed by atoms with Crippen molar-refractivity contribution < 1.29 is 0 Å². The van der Waals surface area contributed by atoms with Gasteiger partial charge in [-0.2, -0.15) is 0 Å². The van der Waals surface area contributed by atoms with Gasteiger partial charge in [0.15, 0.2) is 0 Å². The van der Waals surface area contributed by atoms with Crippen LogP contribution < -0.4 is 15.6 Å². The Bertz CT molecular complexity index is 2540. The highest BCUT2D eigenvalue weighted by Crippen LogP contribution is 2.58. The molecular formula is C52H42N4. The lowest BCUT2D eigenvalue weighted by molar-refractivity contribution is 0.165. The highest BCUT2D eigenvalue weighted by molar-refractivity contribution is 5.94. The topological polar surface area (TPSA) is 30.5 Å². The number of benzene rings is 7. The van der Waals surface area contributed by atoms with Crippen LogP contribution in [0.3, 0.4) is 0 Å². The van der Waals surface area contributed by atoms with Gasteiger partial charge in [0.25, 0.3) is 0 Å². The van der Waals surface area contributed by atoms with Crippen LogP contribution in [0.4, 0.5) is 11.4 Å². The van der Waals surface area contributed by atoms with Gasteiger partial charge < -0.3 is 4.90 Å². The van der Waals surface area contributed by atoms with Gasteiger partial charge in [-0.3, -0.25) is 5.32 Å². The molecule has 7 aromatic carbocycles. The minimum atomic E-state index is -0.494. The quantitative estimate of drug-likeness (QED) is 0.171. The molecule has 1 aliphatic carbocycles. The molecular weight excluding hydrogens is 681 g/mol. The lowest BCUT2D eigenvalue weighted by Crippen LogP contribution is -2.33. The third-order valence-corrected chi connectivity index (χ3v) is 11.6. The van der Waals surface area contributed by atoms with Crippen molar-refractivity contribution in [2.24, 2.45) is 0 Å². The Morgan fingerprint density at radius 1 is 0.554 bits per heavy atom. The van der Waals surface area contributed by atoms with E-state index >= 15 is 0 Å². The second kappa shape index (κ2) is 14.3. The predicted octanol–water partition coefficient (Wildman–Crippen LogP) is 11.6. The van der Waals surface area contributed by atoms with E-state index in [0.29, 0.717) is 0 Å². The summed E-state index contributed by atoms with van der Waals surface area (Å²) in [5.41, 5.74) is 18.8. The minimum absolute atomic E-state index is 0.0104. The van der Waals surface area contributed by atoms with E-state index in [4.69, 9.17) is 0 Å². The smallest absolute Gasteiger partial charge is 0.101 e. The molecule has 2 aliphatic heterocycles. The lowest BCUT2D eigenvalue weighted by atomic mass is 9.67. The molecule has 0 bridgehead atoms. The second-order valence-corrected chi connectivity index (χ2v) is 14.8. The van der Waals surface area contributed by atoms with E-state index < -0.39 is 5.41 Å². The fourth-order valence-electron chi connectivity index (χ4n) is 8.98. The van der Waals surface area contributed by atoms with Gasteiger partial charge >= 0.3 is 0 Å². The van der Waals surface area contributed by atoms with Crippen LogP contribution in [0.2, 0.25) is 0 Å². The van der Waals surface area contributed by atoms with Crippen molar-refractivity contribution in [3.05, 3.63) is 258 Å². The van der Waals surface area contributed by atoms with Crippen molar-refractivity contribution in [1.29, 1.82) is 0 Å². The zero-order valence-corrected chi connectivity index (χ0v) is 31.1. The SMILES string of the molecule is C=C1/C=C\C=C/N(c2ccc(CN3NC(c4ccccc4)NC3c3ccccc3)cc2)c2cc3c(cc21)-c1ccccc1C3(c1ccccc1)c1ccccc1.